The van der Waals surface area contributed by atoms with Crippen LogP contribution in [0.3, 0.4) is 0 Å². The van der Waals surface area contributed by atoms with Gasteiger partial charge < -0.3 is 19.9 Å². The Kier molecular flexibility index (Phi) is 7.98. The van der Waals surface area contributed by atoms with Crippen molar-refractivity contribution in [2.45, 2.75) is 26.9 Å². The van der Waals surface area contributed by atoms with Crippen molar-refractivity contribution < 1.29 is 9.53 Å². The predicted octanol–water partition coefficient (Wildman–Crippen LogP) is 4.40. The highest BCUT2D eigenvalue weighted by Gasteiger charge is 2.24. The van der Waals surface area contributed by atoms with Gasteiger partial charge in [-0.1, -0.05) is 25.1 Å². The van der Waals surface area contributed by atoms with Crippen molar-refractivity contribution in [1.82, 2.24) is 40.3 Å². The summed E-state index contributed by atoms with van der Waals surface area (Å²) in [6.45, 7) is 9.73. The summed E-state index contributed by atoms with van der Waals surface area (Å²) in [4.78, 5) is 29.9. The first-order valence-corrected chi connectivity index (χ1v) is 14.4. The highest BCUT2D eigenvalue weighted by molar-refractivity contribution is 5.96. The minimum absolute atomic E-state index is 0.0439. The van der Waals surface area contributed by atoms with E-state index in [0.29, 0.717) is 30.3 Å². The average Bonchev–Trinajstić information content (AvgIpc) is 3.68. The van der Waals surface area contributed by atoms with Gasteiger partial charge in [-0.05, 0) is 60.0 Å². The summed E-state index contributed by atoms with van der Waals surface area (Å²) in [6.07, 6.45) is 5.45. The van der Waals surface area contributed by atoms with Crippen LogP contribution in [0.25, 0.3) is 33.5 Å². The molecule has 1 saturated heterocycles. The van der Waals surface area contributed by atoms with Gasteiger partial charge in [0.05, 0.1) is 18.8 Å². The number of imidazole rings is 1. The first-order chi connectivity index (χ1) is 20.5. The molecular formula is C32H36N8O2. The van der Waals surface area contributed by atoms with E-state index in [-0.39, 0.29) is 5.91 Å². The molecule has 0 atom stereocenters. The summed E-state index contributed by atoms with van der Waals surface area (Å²) in [5.41, 5.74) is 7.81. The van der Waals surface area contributed by atoms with E-state index in [4.69, 9.17) is 4.74 Å². The molecule has 6 rings (SSSR count). The van der Waals surface area contributed by atoms with Crippen LogP contribution in [0.1, 0.15) is 34.1 Å². The number of benzene rings is 2. The zero-order chi connectivity index (χ0) is 29.1. The van der Waals surface area contributed by atoms with E-state index >= 15 is 0 Å². The van der Waals surface area contributed by atoms with E-state index in [1.54, 1.807) is 13.3 Å². The summed E-state index contributed by atoms with van der Waals surface area (Å²) in [5.74, 6) is 1.38. The summed E-state index contributed by atoms with van der Waals surface area (Å²) in [5, 5.41) is 12.0. The molecule has 10 nitrogen and oxygen atoms in total. The number of ether oxygens (including phenoxy) is 1. The van der Waals surface area contributed by atoms with Crippen LogP contribution in [0.2, 0.25) is 0 Å². The van der Waals surface area contributed by atoms with Gasteiger partial charge in [0.2, 0.25) is 0 Å². The second-order valence-corrected chi connectivity index (χ2v) is 10.6. The Hall–Kier alpha value is -4.54. The molecule has 0 spiro atoms. The summed E-state index contributed by atoms with van der Waals surface area (Å²) >= 11 is 0. The minimum atomic E-state index is -0.0439. The third-order valence-electron chi connectivity index (χ3n) is 8.01. The lowest BCUT2D eigenvalue weighted by molar-refractivity contribution is 0.0623. The van der Waals surface area contributed by atoms with E-state index in [9.17, 15) is 4.79 Å². The van der Waals surface area contributed by atoms with Crippen molar-refractivity contribution in [1.29, 1.82) is 0 Å². The van der Waals surface area contributed by atoms with E-state index in [1.807, 2.05) is 35.5 Å². The number of aromatic amines is 2. The van der Waals surface area contributed by atoms with Crippen LogP contribution >= 0.6 is 0 Å². The van der Waals surface area contributed by atoms with Crippen LogP contribution in [0.15, 0.2) is 61.1 Å². The first-order valence-electron chi connectivity index (χ1n) is 14.4. The smallest absolute Gasteiger partial charge is 0.272 e. The molecule has 216 valence electrons. The maximum absolute atomic E-state index is 13.3. The predicted molar refractivity (Wildman–Crippen MR) is 163 cm³/mol. The molecule has 1 aliphatic rings. The molecule has 1 fully saturated rings. The Morgan fingerprint density at radius 2 is 1.86 bits per heavy atom. The maximum Gasteiger partial charge on any atom is 0.272 e. The standard InChI is InChI=1S/C32H36N8O2/c1-4-33-16-24-17-34-18-27(21(24)2)23-7-10-28-26(15-23)30(38-37-28)31-35-19-29(36-31)32(41)40-13-11-39(12-14-40)20-22-5-8-25(42-3)9-6-22/h5-10,15,17-19,33H,4,11-14,16,20H2,1-3H3,(H,35,36)(H,37,38). The number of hydrogen-bond acceptors (Lipinski definition) is 7. The number of piperazine rings is 1. The zero-order valence-corrected chi connectivity index (χ0v) is 24.3. The summed E-state index contributed by atoms with van der Waals surface area (Å²) < 4.78 is 5.25. The van der Waals surface area contributed by atoms with Crippen LogP contribution in [-0.4, -0.2) is 80.7 Å². The Morgan fingerprint density at radius 1 is 1.05 bits per heavy atom. The molecule has 10 heteroatoms. The number of nitrogens with one attached hydrogen (secondary N) is 3. The Morgan fingerprint density at radius 3 is 2.62 bits per heavy atom. The van der Waals surface area contributed by atoms with Crippen molar-refractivity contribution in [2.75, 3.05) is 39.8 Å². The highest BCUT2D eigenvalue weighted by Crippen LogP contribution is 2.31. The molecule has 0 aliphatic carbocycles. The van der Waals surface area contributed by atoms with Gasteiger partial charge in [-0.15, -0.1) is 0 Å². The number of H-pyrrole nitrogens is 2. The molecule has 2 aromatic carbocycles. The third-order valence-corrected chi connectivity index (χ3v) is 8.01. The molecule has 4 heterocycles. The fourth-order valence-corrected chi connectivity index (χ4v) is 5.48. The van der Waals surface area contributed by atoms with Crippen LogP contribution in [-0.2, 0) is 13.1 Å². The maximum atomic E-state index is 13.3. The van der Waals surface area contributed by atoms with Crippen molar-refractivity contribution in [3.8, 4) is 28.4 Å². The number of pyridine rings is 1. The number of rotatable bonds is 9. The first kappa shape index (κ1) is 27.6. The molecule has 1 amide bonds. The van der Waals surface area contributed by atoms with Crippen molar-refractivity contribution >= 4 is 16.8 Å². The SMILES string of the molecule is CCNCc1cncc(-c2ccc3[nH]nc(-c4ncc(C(=O)N5CCN(Cc6ccc(OC)cc6)CC5)[nH]4)c3c2)c1C. The topological polar surface area (TPSA) is 115 Å². The highest BCUT2D eigenvalue weighted by atomic mass is 16.5. The number of nitrogens with zero attached hydrogens (tertiary/aromatic N) is 5. The fourth-order valence-electron chi connectivity index (χ4n) is 5.48. The van der Waals surface area contributed by atoms with E-state index in [2.05, 4.69) is 73.5 Å². The number of aromatic nitrogens is 5. The van der Waals surface area contributed by atoms with Crippen LogP contribution in [0.4, 0.5) is 0 Å². The molecule has 0 bridgehead atoms. The molecule has 5 aromatic rings. The van der Waals surface area contributed by atoms with E-state index in [0.717, 1.165) is 60.5 Å². The zero-order valence-electron chi connectivity index (χ0n) is 24.3. The molecular weight excluding hydrogens is 528 g/mol. The Bertz CT molecular complexity index is 1680. The van der Waals surface area contributed by atoms with Crippen molar-refractivity contribution in [2.24, 2.45) is 0 Å². The molecule has 0 saturated carbocycles. The Labute approximate surface area is 245 Å². The van der Waals surface area contributed by atoms with Crippen molar-refractivity contribution in [3.63, 3.8) is 0 Å². The van der Waals surface area contributed by atoms with E-state index < -0.39 is 0 Å². The summed E-state index contributed by atoms with van der Waals surface area (Å²) in [7, 11) is 1.67. The van der Waals surface area contributed by atoms with Crippen molar-refractivity contribution in [3.05, 3.63) is 83.4 Å². The molecule has 0 radical (unpaired) electrons. The molecule has 42 heavy (non-hydrogen) atoms. The average molecular weight is 565 g/mol. The van der Waals surface area contributed by atoms with E-state index in [1.165, 1.54) is 16.7 Å². The van der Waals surface area contributed by atoms with Crippen LogP contribution in [0.5, 0.6) is 5.75 Å². The summed E-state index contributed by atoms with van der Waals surface area (Å²) in [6, 6.07) is 14.4. The lowest BCUT2D eigenvalue weighted by Crippen LogP contribution is -2.48. The van der Waals surface area contributed by atoms with Gasteiger partial charge in [0.25, 0.3) is 5.91 Å². The largest absolute Gasteiger partial charge is 0.497 e. The van der Waals surface area contributed by atoms with Gasteiger partial charge in [-0.3, -0.25) is 19.8 Å². The number of amides is 1. The van der Waals surface area contributed by atoms with Gasteiger partial charge in [0, 0.05) is 62.6 Å². The van der Waals surface area contributed by atoms with Gasteiger partial charge in [0.1, 0.15) is 17.1 Å². The quantitative estimate of drug-likeness (QED) is 0.243. The molecule has 3 N–H and O–H groups in total. The third kappa shape index (κ3) is 5.63. The lowest BCUT2D eigenvalue weighted by Gasteiger charge is -2.34. The fraction of sp³-hybridized carbons (Fsp3) is 0.312. The van der Waals surface area contributed by atoms with Crippen LogP contribution in [0, 0.1) is 6.92 Å². The Balaban J connectivity index is 1.15. The molecule has 1 aliphatic heterocycles. The second-order valence-electron chi connectivity index (χ2n) is 10.6. The molecule has 0 unspecified atom stereocenters. The minimum Gasteiger partial charge on any atom is -0.497 e. The molecule has 3 aromatic heterocycles. The normalized spacial score (nSPS) is 14.0. The number of hydrogen-bond donors (Lipinski definition) is 3. The number of carbonyl (C=O) groups is 1. The van der Waals surface area contributed by atoms with Gasteiger partial charge >= 0.3 is 0 Å². The number of carbonyl (C=O) groups excluding carboxylic acids is 1. The lowest BCUT2D eigenvalue weighted by atomic mass is 9.98. The number of fused-ring (bicyclic) bond motifs is 1. The number of methoxy groups -OCH3 is 1. The van der Waals surface area contributed by atoms with Gasteiger partial charge in [-0.2, -0.15) is 5.10 Å². The van der Waals surface area contributed by atoms with Gasteiger partial charge in [0.15, 0.2) is 5.82 Å². The second kappa shape index (κ2) is 12.1. The van der Waals surface area contributed by atoms with Gasteiger partial charge in [-0.25, -0.2) is 4.98 Å². The monoisotopic (exact) mass is 564 g/mol. The van der Waals surface area contributed by atoms with Crippen LogP contribution < -0.4 is 10.1 Å².